The van der Waals surface area contributed by atoms with Crippen LogP contribution in [-0.2, 0) is 11.3 Å². The van der Waals surface area contributed by atoms with E-state index in [1.165, 1.54) is 17.6 Å². The second-order valence-electron chi connectivity index (χ2n) is 8.96. The van der Waals surface area contributed by atoms with Gasteiger partial charge >= 0.3 is 6.18 Å². The highest BCUT2D eigenvalue weighted by Gasteiger charge is 2.46. The lowest BCUT2D eigenvalue weighted by molar-refractivity contribution is -0.145. The van der Waals surface area contributed by atoms with Gasteiger partial charge in [-0.3, -0.25) is 4.79 Å². The number of rotatable bonds is 5. The summed E-state index contributed by atoms with van der Waals surface area (Å²) < 4.78 is 70.9. The van der Waals surface area contributed by atoms with E-state index in [1.807, 2.05) is 0 Å². The van der Waals surface area contributed by atoms with Crippen molar-refractivity contribution in [3.63, 3.8) is 0 Å². The number of hydrogen-bond acceptors (Lipinski definition) is 8. The monoisotopic (exact) mass is 539 g/mol. The molecule has 1 amide bonds. The number of carbonyl (C=O) groups is 1. The number of imidazole rings is 1. The van der Waals surface area contributed by atoms with Crippen LogP contribution in [0.3, 0.4) is 0 Å². The summed E-state index contributed by atoms with van der Waals surface area (Å²) in [7, 11) is 0. The van der Waals surface area contributed by atoms with Gasteiger partial charge in [-0.2, -0.15) is 18.2 Å². The van der Waals surface area contributed by atoms with Crippen LogP contribution in [0, 0.1) is 6.92 Å². The molecule has 0 radical (unpaired) electrons. The molecule has 0 unspecified atom stereocenters. The maximum atomic E-state index is 14.7. The topological polar surface area (TPSA) is 139 Å². The molecule has 0 bridgehead atoms. The Morgan fingerprint density at radius 3 is 2.68 bits per heavy atom. The molecule has 0 spiro atoms. The Labute approximate surface area is 211 Å². The fourth-order valence-corrected chi connectivity index (χ4v) is 4.54. The zero-order chi connectivity index (χ0) is 27.4. The fraction of sp³-hybridized carbons (Fsp3) is 0.409. The summed E-state index contributed by atoms with van der Waals surface area (Å²) in [6, 6.07) is 3.32. The van der Waals surface area contributed by atoms with Crippen LogP contribution in [0.5, 0.6) is 0 Å². The standard InChI is InChI=1S/C22H22F5N9O2/c1-11-29-14-3-2-13(30-19(14)35(11)10-22(25,26)27)12-4-7-36-17(12)18(28)32-20(33-36)31-15-5-6-34(16(38)8-37)9-21(15,23)24/h2-4,7,15,37H,5-6,8-10H2,1H3,(H3,28,31,32,33)/t15-/m1/s1. The van der Waals surface area contributed by atoms with Crippen LogP contribution in [0.4, 0.5) is 33.7 Å². The van der Waals surface area contributed by atoms with Gasteiger partial charge in [0, 0.05) is 18.3 Å². The lowest BCUT2D eigenvalue weighted by Crippen LogP contribution is -2.56. The van der Waals surface area contributed by atoms with E-state index in [-0.39, 0.29) is 41.7 Å². The van der Waals surface area contributed by atoms with E-state index in [2.05, 4.69) is 25.4 Å². The lowest BCUT2D eigenvalue weighted by atomic mass is 10.0. The molecule has 1 saturated heterocycles. The van der Waals surface area contributed by atoms with Gasteiger partial charge in [-0.15, -0.1) is 5.10 Å². The van der Waals surface area contributed by atoms with Crippen LogP contribution >= 0.6 is 0 Å². The van der Waals surface area contributed by atoms with Gasteiger partial charge in [0.05, 0.1) is 18.3 Å². The van der Waals surface area contributed by atoms with E-state index in [9.17, 15) is 26.7 Å². The van der Waals surface area contributed by atoms with Crippen molar-refractivity contribution in [3.8, 4) is 11.3 Å². The molecular formula is C22H22F5N9O2. The van der Waals surface area contributed by atoms with Gasteiger partial charge < -0.3 is 25.6 Å². The van der Waals surface area contributed by atoms with Crippen molar-refractivity contribution in [1.82, 2.24) is 34.0 Å². The summed E-state index contributed by atoms with van der Waals surface area (Å²) in [5, 5.41) is 15.7. The van der Waals surface area contributed by atoms with Crippen LogP contribution in [0.25, 0.3) is 27.9 Å². The van der Waals surface area contributed by atoms with E-state index in [4.69, 9.17) is 10.8 Å². The number of amides is 1. The summed E-state index contributed by atoms with van der Waals surface area (Å²) in [4.78, 5) is 25.1. The summed E-state index contributed by atoms with van der Waals surface area (Å²) in [6.45, 7) is -1.50. The van der Waals surface area contributed by atoms with Crippen molar-refractivity contribution in [1.29, 1.82) is 0 Å². The van der Waals surface area contributed by atoms with Crippen molar-refractivity contribution in [2.45, 2.75) is 38.0 Å². The smallest absolute Gasteiger partial charge is 0.387 e. The van der Waals surface area contributed by atoms with E-state index < -0.39 is 43.7 Å². The second kappa shape index (κ2) is 9.04. The highest BCUT2D eigenvalue weighted by Crippen LogP contribution is 2.32. The number of aliphatic hydroxyl groups is 1. The number of nitrogen functional groups attached to an aromatic ring is 1. The Bertz CT molecular complexity index is 1530. The molecule has 1 aliphatic rings. The number of aromatic nitrogens is 6. The maximum absolute atomic E-state index is 14.7. The first-order chi connectivity index (χ1) is 17.9. The third-order valence-corrected chi connectivity index (χ3v) is 6.32. The number of nitrogens with one attached hydrogen (secondary N) is 1. The highest BCUT2D eigenvalue weighted by molar-refractivity contribution is 5.88. The van der Waals surface area contributed by atoms with Crippen molar-refractivity contribution in [3.05, 3.63) is 30.2 Å². The molecule has 1 fully saturated rings. The predicted octanol–water partition coefficient (Wildman–Crippen LogP) is 2.23. The minimum absolute atomic E-state index is 0.0105. The minimum atomic E-state index is -4.47. The summed E-state index contributed by atoms with van der Waals surface area (Å²) in [5.74, 6) is -4.19. The molecule has 4 aromatic rings. The first-order valence-electron chi connectivity index (χ1n) is 11.4. The molecular weight excluding hydrogens is 517 g/mol. The van der Waals surface area contributed by atoms with Crippen LogP contribution in [-0.4, -0.2) is 82.9 Å². The third-order valence-electron chi connectivity index (χ3n) is 6.32. The second-order valence-corrected chi connectivity index (χ2v) is 8.96. The highest BCUT2D eigenvalue weighted by atomic mass is 19.4. The number of pyridine rings is 1. The number of likely N-dealkylation sites (tertiary alicyclic amines) is 1. The number of halogens is 5. The number of nitrogens with zero attached hydrogens (tertiary/aromatic N) is 7. The number of anilines is 2. The van der Waals surface area contributed by atoms with Gasteiger partial charge in [0.1, 0.15) is 30.0 Å². The van der Waals surface area contributed by atoms with Crippen molar-refractivity contribution in [2.24, 2.45) is 0 Å². The number of fused-ring (bicyclic) bond motifs is 2. The third kappa shape index (κ3) is 4.66. The predicted molar refractivity (Wildman–Crippen MR) is 125 cm³/mol. The van der Waals surface area contributed by atoms with Crippen LogP contribution in [0.15, 0.2) is 24.4 Å². The number of carbonyl (C=O) groups excluding carboxylic acids is 1. The Kier molecular flexibility index (Phi) is 6.08. The minimum Gasteiger partial charge on any atom is -0.387 e. The van der Waals surface area contributed by atoms with E-state index >= 15 is 0 Å². The number of hydrogen-bond donors (Lipinski definition) is 3. The van der Waals surface area contributed by atoms with Crippen molar-refractivity contribution in [2.75, 3.05) is 30.7 Å². The largest absolute Gasteiger partial charge is 0.406 e. The fourth-order valence-electron chi connectivity index (χ4n) is 4.54. The van der Waals surface area contributed by atoms with Crippen LogP contribution in [0.2, 0.25) is 0 Å². The molecule has 4 aromatic heterocycles. The average molecular weight is 539 g/mol. The van der Waals surface area contributed by atoms with E-state index in [0.717, 1.165) is 9.47 Å². The average Bonchev–Trinajstić information content (AvgIpc) is 3.39. The van der Waals surface area contributed by atoms with Gasteiger partial charge in [-0.1, -0.05) is 0 Å². The Balaban J connectivity index is 1.45. The van der Waals surface area contributed by atoms with E-state index in [1.54, 1.807) is 18.2 Å². The molecule has 1 atom stereocenters. The Morgan fingerprint density at radius 2 is 2.00 bits per heavy atom. The SMILES string of the molecule is Cc1nc2ccc(-c3ccn4nc(N[C@@H]5CCN(C(=O)CO)CC5(F)F)nc(N)c34)nc2n1CC(F)(F)F. The zero-order valence-corrected chi connectivity index (χ0v) is 19.9. The summed E-state index contributed by atoms with van der Waals surface area (Å²) in [5.41, 5.74) is 7.50. The number of piperidine rings is 1. The molecule has 11 nitrogen and oxygen atoms in total. The molecule has 202 valence electrons. The molecule has 1 aliphatic heterocycles. The van der Waals surface area contributed by atoms with Crippen LogP contribution < -0.4 is 11.1 Å². The summed E-state index contributed by atoms with van der Waals surface area (Å²) >= 11 is 0. The number of aryl methyl sites for hydroxylation is 1. The molecule has 0 aliphatic carbocycles. The van der Waals surface area contributed by atoms with E-state index in [0.29, 0.717) is 16.8 Å². The van der Waals surface area contributed by atoms with Gasteiger partial charge in [0.2, 0.25) is 11.9 Å². The molecule has 0 aromatic carbocycles. The lowest BCUT2D eigenvalue weighted by Gasteiger charge is -2.38. The van der Waals surface area contributed by atoms with Gasteiger partial charge in [-0.05, 0) is 31.5 Å². The first-order valence-corrected chi connectivity index (χ1v) is 11.4. The van der Waals surface area contributed by atoms with Gasteiger partial charge in [0.25, 0.3) is 5.92 Å². The first kappa shape index (κ1) is 25.6. The van der Waals surface area contributed by atoms with Crippen LogP contribution in [0.1, 0.15) is 12.2 Å². The maximum Gasteiger partial charge on any atom is 0.406 e. The molecule has 4 N–H and O–H groups in total. The number of nitrogens with two attached hydrogens (primary N) is 1. The normalized spacial score (nSPS) is 17.9. The molecule has 5 heterocycles. The molecule has 38 heavy (non-hydrogen) atoms. The summed E-state index contributed by atoms with van der Waals surface area (Å²) in [6.07, 6.45) is -3.09. The number of aliphatic hydroxyl groups excluding tert-OH is 1. The quantitative estimate of drug-likeness (QED) is 0.328. The Morgan fingerprint density at radius 1 is 1.24 bits per heavy atom. The zero-order valence-electron chi connectivity index (χ0n) is 19.9. The number of alkyl halides is 5. The van der Waals surface area contributed by atoms with Gasteiger partial charge in [0.15, 0.2) is 11.5 Å². The van der Waals surface area contributed by atoms with Gasteiger partial charge in [-0.25, -0.2) is 23.3 Å². The van der Waals surface area contributed by atoms with Crippen molar-refractivity contribution >= 4 is 34.4 Å². The van der Waals surface area contributed by atoms with Crippen molar-refractivity contribution < 1.29 is 31.9 Å². The molecule has 5 rings (SSSR count). The molecule has 16 heteroatoms. The Hall–Kier alpha value is -4.08. The molecule has 0 saturated carbocycles.